The van der Waals surface area contributed by atoms with Crippen LogP contribution >= 0.6 is 11.6 Å². The highest BCUT2D eigenvalue weighted by molar-refractivity contribution is 6.17. The van der Waals surface area contributed by atoms with E-state index < -0.39 is 0 Å². The predicted molar refractivity (Wildman–Crippen MR) is 80.2 cm³/mol. The maximum Gasteiger partial charge on any atom is 0.255 e. The Kier molecular flexibility index (Phi) is 5.02. The molecule has 0 saturated carbocycles. The molecule has 0 aromatic heterocycles. The van der Waals surface area contributed by atoms with Gasteiger partial charge in [0.2, 0.25) is 0 Å². The van der Waals surface area contributed by atoms with E-state index in [0.29, 0.717) is 23.7 Å². The van der Waals surface area contributed by atoms with Crippen LogP contribution in [0.1, 0.15) is 21.5 Å². The molecule has 0 fully saturated rings. The first-order valence-corrected chi connectivity index (χ1v) is 6.83. The summed E-state index contributed by atoms with van der Waals surface area (Å²) < 4.78 is 5.17. The van der Waals surface area contributed by atoms with E-state index in [0.717, 1.165) is 11.1 Å². The van der Waals surface area contributed by atoms with Gasteiger partial charge in [-0.15, -0.1) is 11.6 Å². The van der Waals surface area contributed by atoms with E-state index in [1.807, 2.05) is 36.4 Å². The van der Waals surface area contributed by atoms with Crippen molar-refractivity contribution in [1.29, 1.82) is 0 Å². The number of rotatable bonds is 5. The molecular weight excluding hydrogens is 274 g/mol. The predicted octanol–water partition coefficient (Wildman–Crippen LogP) is 3.36. The molecule has 0 aliphatic rings. The molecule has 1 N–H and O–H groups in total. The van der Waals surface area contributed by atoms with Gasteiger partial charge in [-0.05, 0) is 23.3 Å². The van der Waals surface area contributed by atoms with Gasteiger partial charge in [-0.2, -0.15) is 0 Å². The lowest BCUT2D eigenvalue weighted by atomic mass is 10.1. The minimum absolute atomic E-state index is 0.149. The maximum absolute atomic E-state index is 12.1. The molecule has 2 aromatic rings. The Morgan fingerprint density at radius 1 is 1.10 bits per heavy atom. The van der Waals surface area contributed by atoms with Gasteiger partial charge in [0.05, 0.1) is 12.7 Å². The van der Waals surface area contributed by atoms with Crippen molar-refractivity contribution in [3.05, 3.63) is 65.2 Å². The van der Waals surface area contributed by atoms with Crippen LogP contribution < -0.4 is 10.1 Å². The molecule has 3 nitrogen and oxygen atoms in total. The number of carbonyl (C=O) groups excluding carboxylic acids is 1. The van der Waals surface area contributed by atoms with E-state index in [2.05, 4.69) is 5.32 Å². The molecular formula is C16H16ClNO2. The van der Waals surface area contributed by atoms with E-state index in [-0.39, 0.29) is 5.91 Å². The van der Waals surface area contributed by atoms with Gasteiger partial charge in [0.1, 0.15) is 5.75 Å². The lowest BCUT2D eigenvalue weighted by Gasteiger charge is -2.09. The average Bonchev–Trinajstić information content (AvgIpc) is 2.53. The van der Waals surface area contributed by atoms with Crippen LogP contribution in [-0.2, 0) is 12.4 Å². The van der Waals surface area contributed by atoms with Crippen molar-refractivity contribution in [2.24, 2.45) is 0 Å². The van der Waals surface area contributed by atoms with Crippen LogP contribution in [0.4, 0.5) is 0 Å². The van der Waals surface area contributed by atoms with Crippen molar-refractivity contribution < 1.29 is 9.53 Å². The average molecular weight is 290 g/mol. The van der Waals surface area contributed by atoms with E-state index in [1.54, 1.807) is 19.2 Å². The first-order valence-electron chi connectivity index (χ1n) is 6.29. The van der Waals surface area contributed by atoms with Gasteiger partial charge >= 0.3 is 0 Å². The number of benzene rings is 2. The third kappa shape index (κ3) is 3.52. The highest BCUT2D eigenvalue weighted by atomic mass is 35.5. The molecule has 0 aliphatic carbocycles. The molecule has 104 valence electrons. The summed E-state index contributed by atoms with van der Waals surface area (Å²) in [6, 6.07) is 15.0. The van der Waals surface area contributed by atoms with Crippen molar-refractivity contribution in [2.75, 3.05) is 7.11 Å². The summed E-state index contributed by atoms with van der Waals surface area (Å²) in [5, 5.41) is 2.88. The third-order valence-electron chi connectivity index (χ3n) is 2.98. The fourth-order valence-corrected chi connectivity index (χ4v) is 2.03. The van der Waals surface area contributed by atoms with Crippen LogP contribution in [0.2, 0.25) is 0 Å². The zero-order valence-corrected chi connectivity index (χ0v) is 12.0. The molecule has 0 heterocycles. The van der Waals surface area contributed by atoms with Gasteiger partial charge in [-0.3, -0.25) is 4.79 Å². The fourth-order valence-electron chi connectivity index (χ4n) is 1.86. The molecule has 1 amide bonds. The molecule has 0 unspecified atom stereocenters. The first-order chi connectivity index (χ1) is 9.74. The Morgan fingerprint density at radius 3 is 2.40 bits per heavy atom. The number of para-hydroxylation sites is 1. The number of amides is 1. The number of nitrogens with one attached hydrogen (secondary N) is 1. The molecule has 0 aliphatic heterocycles. The van der Waals surface area contributed by atoms with Crippen molar-refractivity contribution >= 4 is 17.5 Å². The van der Waals surface area contributed by atoms with Crippen LogP contribution in [0, 0.1) is 0 Å². The zero-order valence-electron chi connectivity index (χ0n) is 11.2. The first kappa shape index (κ1) is 14.4. The molecule has 2 rings (SSSR count). The van der Waals surface area contributed by atoms with Crippen molar-refractivity contribution in [3.63, 3.8) is 0 Å². The van der Waals surface area contributed by atoms with Gasteiger partial charge < -0.3 is 10.1 Å². The van der Waals surface area contributed by atoms with Gasteiger partial charge in [0, 0.05) is 12.4 Å². The molecule has 0 spiro atoms. The molecule has 0 atom stereocenters. The quantitative estimate of drug-likeness (QED) is 0.857. The van der Waals surface area contributed by atoms with Crippen LogP contribution in [0.5, 0.6) is 5.75 Å². The van der Waals surface area contributed by atoms with Crippen LogP contribution in [0.15, 0.2) is 48.5 Å². The van der Waals surface area contributed by atoms with Gasteiger partial charge in [0.25, 0.3) is 5.91 Å². The number of alkyl halides is 1. The second-order valence-electron chi connectivity index (χ2n) is 4.33. The second-order valence-corrected chi connectivity index (χ2v) is 4.60. The minimum atomic E-state index is -0.149. The summed E-state index contributed by atoms with van der Waals surface area (Å²) in [7, 11) is 1.55. The van der Waals surface area contributed by atoms with Gasteiger partial charge in [-0.25, -0.2) is 0 Å². The Balaban J connectivity index is 2.01. The number of carbonyl (C=O) groups is 1. The van der Waals surface area contributed by atoms with Crippen molar-refractivity contribution in [3.8, 4) is 5.75 Å². The van der Waals surface area contributed by atoms with E-state index in [4.69, 9.17) is 16.3 Å². The highest BCUT2D eigenvalue weighted by Gasteiger charge is 2.10. The summed E-state index contributed by atoms with van der Waals surface area (Å²) in [5.41, 5.74) is 2.63. The molecule has 0 radical (unpaired) electrons. The summed E-state index contributed by atoms with van der Waals surface area (Å²) in [5.74, 6) is 0.916. The van der Waals surface area contributed by atoms with Crippen LogP contribution in [-0.4, -0.2) is 13.0 Å². The van der Waals surface area contributed by atoms with Gasteiger partial charge in [0.15, 0.2) is 0 Å². The molecule has 4 heteroatoms. The number of hydrogen-bond donors (Lipinski definition) is 1. The minimum Gasteiger partial charge on any atom is -0.496 e. The monoisotopic (exact) mass is 289 g/mol. The van der Waals surface area contributed by atoms with Crippen LogP contribution in [0.3, 0.4) is 0 Å². The Morgan fingerprint density at radius 2 is 1.75 bits per heavy atom. The lowest BCUT2D eigenvalue weighted by molar-refractivity contribution is 0.0948. The summed E-state index contributed by atoms with van der Waals surface area (Å²) in [6.07, 6.45) is 0. The number of hydrogen-bond acceptors (Lipinski definition) is 2. The maximum atomic E-state index is 12.1. The molecule has 0 bridgehead atoms. The zero-order chi connectivity index (χ0) is 14.4. The molecule has 2 aromatic carbocycles. The topological polar surface area (TPSA) is 38.3 Å². The van der Waals surface area contributed by atoms with Crippen molar-refractivity contribution in [2.45, 2.75) is 12.4 Å². The summed E-state index contributed by atoms with van der Waals surface area (Å²) in [4.78, 5) is 12.1. The summed E-state index contributed by atoms with van der Waals surface area (Å²) >= 11 is 5.74. The SMILES string of the molecule is COc1ccccc1C(=O)NCc1ccc(CCl)cc1. The standard InChI is InChI=1S/C16H16ClNO2/c1-20-15-5-3-2-4-14(15)16(19)18-11-13-8-6-12(10-17)7-9-13/h2-9H,10-11H2,1H3,(H,18,19). The molecule has 0 saturated heterocycles. The highest BCUT2D eigenvalue weighted by Crippen LogP contribution is 2.17. The summed E-state index contributed by atoms with van der Waals surface area (Å²) in [6.45, 7) is 0.472. The number of ether oxygens (including phenoxy) is 1. The van der Waals surface area contributed by atoms with Crippen LogP contribution in [0.25, 0.3) is 0 Å². The smallest absolute Gasteiger partial charge is 0.255 e. The lowest BCUT2D eigenvalue weighted by Crippen LogP contribution is -2.23. The number of halogens is 1. The second kappa shape index (κ2) is 6.96. The number of methoxy groups -OCH3 is 1. The Hall–Kier alpha value is -2.00. The molecule has 20 heavy (non-hydrogen) atoms. The van der Waals surface area contributed by atoms with Gasteiger partial charge in [-0.1, -0.05) is 36.4 Å². The fraction of sp³-hybridized carbons (Fsp3) is 0.188. The Bertz CT molecular complexity index is 581. The van der Waals surface area contributed by atoms with E-state index in [9.17, 15) is 4.79 Å². The van der Waals surface area contributed by atoms with E-state index in [1.165, 1.54) is 0 Å². The largest absolute Gasteiger partial charge is 0.496 e. The van der Waals surface area contributed by atoms with Crippen molar-refractivity contribution in [1.82, 2.24) is 5.32 Å². The Labute approximate surface area is 123 Å². The normalized spacial score (nSPS) is 10.1. The third-order valence-corrected chi connectivity index (χ3v) is 3.29. The van der Waals surface area contributed by atoms with E-state index >= 15 is 0 Å².